The molecule has 0 bridgehead atoms. The van der Waals surface area contributed by atoms with Gasteiger partial charge in [-0.25, -0.2) is 0 Å². The first kappa shape index (κ1) is 14.8. The first-order valence-electron chi connectivity index (χ1n) is 6.52. The molecule has 1 heterocycles. The van der Waals surface area contributed by atoms with Crippen LogP contribution >= 0.6 is 11.8 Å². The average Bonchev–Trinajstić information content (AvgIpc) is 2.64. The van der Waals surface area contributed by atoms with Gasteiger partial charge in [0, 0.05) is 18.3 Å². The van der Waals surface area contributed by atoms with Crippen LogP contribution in [0.4, 0.5) is 0 Å². The minimum absolute atomic E-state index is 0.488. The number of nitrogens with zero attached hydrogens (tertiary/aromatic N) is 2. The molecule has 1 rings (SSSR count). The molecule has 4 heteroatoms. The summed E-state index contributed by atoms with van der Waals surface area (Å²) in [6.07, 6.45) is 0. The lowest BCUT2D eigenvalue weighted by atomic mass is 10.0. The van der Waals surface area contributed by atoms with Crippen molar-refractivity contribution in [1.82, 2.24) is 10.2 Å². The molecule has 0 aromatic heterocycles. The van der Waals surface area contributed by atoms with Crippen molar-refractivity contribution < 1.29 is 0 Å². The van der Waals surface area contributed by atoms with Crippen molar-refractivity contribution in [3.05, 3.63) is 0 Å². The fourth-order valence-corrected chi connectivity index (χ4v) is 3.02. The second-order valence-corrected chi connectivity index (χ2v) is 6.82. The molecule has 0 fully saturated rings. The molecule has 1 N–H and O–H groups in total. The maximum Gasteiger partial charge on any atom is 0.157 e. The van der Waals surface area contributed by atoms with Gasteiger partial charge < -0.3 is 10.2 Å². The topological polar surface area (TPSA) is 27.6 Å². The van der Waals surface area contributed by atoms with E-state index >= 15 is 0 Å². The van der Waals surface area contributed by atoms with Gasteiger partial charge in [-0.15, -0.1) is 0 Å². The number of rotatable bonds is 5. The highest BCUT2D eigenvalue weighted by molar-refractivity contribution is 8.14. The summed E-state index contributed by atoms with van der Waals surface area (Å²) in [5.74, 6) is 2.40. The molecule has 0 spiro atoms. The molecule has 100 valence electrons. The summed E-state index contributed by atoms with van der Waals surface area (Å²) in [7, 11) is 4.25. The molecular formula is C13H27N3S. The van der Waals surface area contributed by atoms with Gasteiger partial charge >= 0.3 is 0 Å². The van der Waals surface area contributed by atoms with E-state index in [2.05, 4.69) is 52.0 Å². The maximum absolute atomic E-state index is 4.77. The summed E-state index contributed by atoms with van der Waals surface area (Å²) in [6, 6.07) is 0.983. The largest absolute Gasteiger partial charge is 0.361 e. The molecule has 0 aromatic rings. The van der Waals surface area contributed by atoms with E-state index in [1.165, 1.54) is 0 Å². The highest BCUT2D eigenvalue weighted by atomic mass is 32.2. The Morgan fingerprint density at radius 2 is 2.00 bits per heavy atom. The Balaban J connectivity index is 2.53. The Morgan fingerprint density at radius 1 is 1.35 bits per heavy atom. The minimum Gasteiger partial charge on any atom is -0.361 e. The van der Waals surface area contributed by atoms with Crippen molar-refractivity contribution in [1.29, 1.82) is 0 Å². The number of amidine groups is 1. The zero-order valence-electron chi connectivity index (χ0n) is 12.0. The Morgan fingerprint density at radius 3 is 2.41 bits per heavy atom. The average molecular weight is 257 g/mol. The first-order chi connectivity index (χ1) is 7.90. The summed E-state index contributed by atoms with van der Waals surface area (Å²) in [5, 5.41) is 4.75. The highest BCUT2D eigenvalue weighted by Crippen LogP contribution is 2.22. The lowest BCUT2D eigenvalue weighted by Crippen LogP contribution is -2.43. The van der Waals surface area contributed by atoms with E-state index in [4.69, 9.17) is 4.99 Å². The van der Waals surface area contributed by atoms with Crippen LogP contribution in [0.1, 0.15) is 27.7 Å². The SMILES string of the molecule is CC(C)C(CN(C)C)NC1=N[C@@H](C(C)C)CS1. The summed E-state index contributed by atoms with van der Waals surface area (Å²) in [6.45, 7) is 10.1. The van der Waals surface area contributed by atoms with Crippen LogP contribution in [-0.4, -0.2) is 48.5 Å². The third-order valence-electron chi connectivity index (χ3n) is 3.12. The number of nitrogens with one attached hydrogen (secondary N) is 1. The normalized spacial score (nSPS) is 22.4. The molecule has 0 saturated carbocycles. The standard InChI is InChI=1S/C13H27N3S/c1-9(2)11(7-16(5)6)14-13-15-12(8-17-13)10(3)4/h9-12H,7-8H2,1-6H3,(H,14,15)/t11?,12-/m1/s1. The van der Waals surface area contributed by atoms with E-state index in [0.29, 0.717) is 23.9 Å². The van der Waals surface area contributed by atoms with Crippen LogP contribution in [0.15, 0.2) is 4.99 Å². The molecule has 1 unspecified atom stereocenters. The summed E-state index contributed by atoms with van der Waals surface area (Å²) in [5.41, 5.74) is 0. The lowest BCUT2D eigenvalue weighted by molar-refractivity contribution is 0.313. The Labute approximate surface area is 110 Å². The summed E-state index contributed by atoms with van der Waals surface area (Å²) >= 11 is 1.87. The minimum atomic E-state index is 0.488. The van der Waals surface area contributed by atoms with Crippen molar-refractivity contribution in [3.63, 3.8) is 0 Å². The molecule has 1 aliphatic rings. The van der Waals surface area contributed by atoms with Crippen LogP contribution in [-0.2, 0) is 0 Å². The number of aliphatic imine (C=N–C) groups is 1. The van der Waals surface area contributed by atoms with Gasteiger partial charge in [0.05, 0.1) is 6.04 Å². The molecule has 0 radical (unpaired) electrons. The number of likely N-dealkylation sites (N-methyl/N-ethyl adjacent to an activating group) is 1. The van der Waals surface area contributed by atoms with Crippen LogP contribution in [0, 0.1) is 11.8 Å². The zero-order chi connectivity index (χ0) is 13.0. The van der Waals surface area contributed by atoms with Crippen LogP contribution in [0.5, 0.6) is 0 Å². The van der Waals surface area contributed by atoms with E-state index < -0.39 is 0 Å². The maximum atomic E-state index is 4.77. The quantitative estimate of drug-likeness (QED) is 0.819. The van der Waals surface area contributed by atoms with Gasteiger partial charge in [-0.3, -0.25) is 4.99 Å². The molecule has 0 aromatic carbocycles. The number of hydrogen-bond donors (Lipinski definition) is 1. The zero-order valence-corrected chi connectivity index (χ0v) is 12.8. The van der Waals surface area contributed by atoms with Gasteiger partial charge in [-0.2, -0.15) is 0 Å². The van der Waals surface area contributed by atoms with Crippen LogP contribution in [0.2, 0.25) is 0 Å². The third-order valence-corrected chi connectivity index (χ3v) is 4.12. The van der Waals surface area contributed by atoms with Gasteiger partial charge in [-0.1, -0.05) is 39.5 Å². The van der Waals surface area contributed by atoms with Gasteiger partial charge in [0.2, 0.25) is 0 Å². The van der Waals surface area contributed by atoms with Gasteiger partial charge in [0.15, 0.2) is 5.17 Å². The molecule has 1 aliphatic heterocycles. The highest BCUT2D eigenvalue weighted by Gasteiger charge is 2.24. The third kappa shape index (κ3) is 4.88. The van der Waals surface area contributed by atoms with E-state index in [0.717, 1.165) is 17.5 Å². The van der Waals surface area contributed by atoms with Crippen molar-refractivity contribution in [2.24, 2.45) is 16.8 Å². The first-order valence-corrected chi connectivity index (χ1v) is 7.50. The van der Waals surface area contributed by atoms with E-state index in [9.17, 15) is 0 Å². The van der Waals surface area contributed by atoms with Crippen molar-refractivity contribution in [2.75, 3.05) is 26.4 Å². The van der Waals surface area contributed by atoms with Gasteiger partial charge in [-0.05, 0) is 25.9 Å². The molecular weight excluding hydrogens is 230 g/mol. The second-order valence-electron chi connectivity index (χ2n) is 5.81. The fraction of sp³-hybridized carbons (Fsp3) is 0.923. The summed E-state index contributed by atoms with van der Waals surface area (Å²) < 4.78 is 0. The molecule has 17 heavy (non-hydrogen) atoms. The van der Waals surface area contributed by atoms with Gasteiger partial charge in [0.1, 0.15) is 0 Å². The predicted octanol–water partition coefficient (Wildman–Crippen LogP) is 2.29. The van der Waals surface area contributed by atoms with Crippen LogP contribution < -0.4 is 5.32 Å². The fourth-order valence-electron chi connectivity index (χ4n) is 1.79. The van der Waals surface area contributed by atoms with Crippen LogP contribution in [0.3, 0.4) is 0 Å². The predicted molar refractivity (Wildman–Crippen MR) is 78.8 cm³/mol. The summed E-state index contributed by atoms with van der Waals surface area (Å²) in [4.78, 5) is 7.00. The Hall–Kier alpha value is -0.220. The monoisotopic (exact) mass is 257 g/mol. The van der Waals surface area contributed by atoms with Gasteiger partial charge in [0.25, 0.3) is 0 Å². The van der Waals surface area contributed by atoms with E-state index in [-0.39, 0.29) is 0 Å². The molecule has 0 amide bonds. The number of hydrogen-bond acceptors (Lipinski definition) is 4. The smallest absolute Gasteiger partial charge is 0.157 e. The van der Waals surface area contributed by atoms with Crippen molar-refractivity contribution in [2.45, 2.75) is 39.8 Å². The molecule has 2 atom stereocenters. The van der Waals surface area contributed by atoms with Crippen molar-refractivity contribution in [3.8, 4) is 0 Å². The molecule has 0 aliphatic carbocycles. The van der Waals surface area contributed by atoms with Crippen molar-refractivity contribution >= 4 is 16.9 Å². The Kier molecular flexibility index (Phi) is 5.80. The Bertz CT molecular complexity index is 261. The molecule has 3 nitrogen and oxygen atoms in total. The molecule has 0 saturated heterocycles. The van der Waals surface area contributed by atoms with E-state index in [1.54, 1.807) is 0 Å². The lowest BCUT2D eigenvalue weighted by Gasteiger charge is -2.26. The second kappa shape index (κ2) is 6.64. The number of thioether (sulfide) groups is 1. The van der Waals surface area contributed by atoms with Crippen LogP contribution in [0.25, 0.3) is 0 Å². The van der Waals surface area contributed by atoms with E-state index in [1.807, 2.05) is 11.8 Å².